The third-order valence-electron chi connectivity index (χ3n) is 3.67. The van der Waals surface area contributed by atoms with E-state index >= 15 is 0 Å². The molecular formula is C16H23F2NO3. The van der Waals surface area contributed by atoms with Gasteiger partial charge in [0.2, 0.25) is 0 Å². The van der Waals surface area contributed by atoms with Crippen LogP contribution in [0.15, 0.2) is 24.3 Å². The molecule has 1 aromatic rings. The summed E-state index contributed by atoms with van der Waals surface area (Å²) in [4.78, 5) is 12.1. The van der Waals surface area contributed by atoms with E-state index in [2.05, 4.69) is 5.32 Å². The minimum Gasteiger partial charge on any atom is -0.493 e. The van der Waals surface area contributed by atoms with Crippen LogP contribution < -0.4 is 10.1 Å². The maximum absolute atomic E-state index is 14.5. The summed E-state index contributed by atoms with van der Waals surface area (Å²) in [5.74, 6) is -5.11. The molecule has 6 heteroatoms. The van der Waals surface area contributed by atoms with E-state index in [4.69, 9.17) is 9.84 Å². The fourth-order valence-electron chi connectivity index (χ4n) is 2.06. The second-order valence-corrected chi connectivity index (χ2v) is 5.35. The van der Waals surface area contributed by atoms with Crippen molar-refractivity contribution in [2.75, 3.05) is 13.2 Å². The molecule has 0 aliphatic carbocycles. The number of nitrogens with one attached hydrogen (secondary N) is 1. The number of amides is 1. The van der Waals surface area contributed by atoms with Crippen LogP contribution in [0.1, 0.15) is 39.2 Å². The Balaban J connectivity index is 3.05. The number of hydrogen-bond acceptors (Lipinski definition) is 3. The van der Waals surface area contributed by atoms with Crippen LogP contribution in [0.4, 0.5) is 8.78 Å². The number of para-hydroxylation sites is 1. The summed E-state index contributed by atoms with van der Waals surface area (Å²) >= 11 is 0. The molecular weight excluding hydrogens is 292 g/mol. The molecule has 1 amide bonds. The summed E-state index contributed by atoms with van der Waals surface area (Å²) in [5.41, 5.74) is -1.34. The molecule has 22 heavy (non-hydrogen) atoms. The van der Waals surface area contributed by atoms with Gasteiger partial charge in [-0.15, -0.1) is 0 Å². The fraction of sp³-hybridized carbons (Fsp3) is 0.562. The van der Waals surface area contributed by atoms with Crippen LogP contribution in [0.5, 0.6) is 5.75 Å². The third-order valence-corrected chi connectivity index (χ3v) is 3.67. The lowest BCUT2D eigenvalue weighted by atomic mass is 9.94. The second-order valence-electron chi connectivity index (χ2n) is 5.35. The van der Waals surface area contributed by atoms with E-state index in [1.54, 1.807) is 26.8 Å². The van der Waals surface area contributed by atoms with Gasteiger partial charge in [0.1, 0.15) is 5.75 Å². The first-order valence-electron chi connectivity index (χ1n) is 7.34. The molecule has 4 nitrogen and oxygen atoms in total. The molecule has 0 aromatic heterocycles. The topological polar surface area (TPSA) is 58.6 Å². The number of benzene rings is 1. The van der Waals surface area contributed by atoms with E-state index < -0.39 is 22.9 Å². The highest BCUT2D eigenvalue weighted by Crippen LogP contribution is 2.36. The van der Waals surface area contributed by atoms with E-state index in [-0.39, 0.29) is 25.4 Å². The molecule has 1 atom stereocenters. The molecule has 0 aliphatic heterocycles. The van der Waals surface area contributed by atoms with Gasteiger partial charge in [0, 0.05) is 12.1 Å². The highest BCUT2D eigenvalue weighted by Gasteiger charge is 2.45. The van der Waals surface area contributed by atoms with Crippen LogP contribution in [0.2, 0.25) is 0 Å². The van der Waals surface area contributed by atoms with Crippen LogP contribution >= 0.6 is 0 Å². The van der Waals surface area contributed by atoms with Crippen molar-refractivity contribution in [1.29, 1.82) is 0 Å². The number of hydrogen-bond donors (Lipinski definition) is 2. The van der Waals surface area contributed by atoms with Crippen molar-refractivity contribution in [2.45, 2.75) is 45.1 Å². The van der Waals surface area contributed by atoms with Crippen molar-refractivity contribution in [3.05, 3.63) is 29.8 Å². The second kappa shape index (κ2) is 7.54. The molecule has 0 saturated heterocycles. The number of carbonyl (C=O) groups is 1. The maximum atomic E-state index is 14.5. The summed E-state index contributed by atoms with van der Waals surface area (Å²) in [6.07, 6.45) is 0.640. The van der Waals surface area contributed by atoms with Crippen LogP contribution in [0, 0.1) is 0 Å². The Hall–Kier alpha value is -1.69. The van der Waals surface area contributed by atoms with Crippen LogP contribution in [-0.2, 0) is 10.7 Å². The Labute approximate surface area is 129 Å². The third kappa shape index (κ3) is 4.16. The Bertz CT molecular complexity index is 508. The normalized spacial score (nSPS) is 14.3. The smallest absolute Gasteiger partial charge is 0.353 e. The lowest BCUT2D eigenvalue weighted by Crippen LogP contribution is -2.51. The van der Waals surface area contributed by atoms with Gasteiger partial charge in [0.25, 0.3) is 5.91 Å². The summed E-state index contributed by atoms with van der Waals surface area (Å²) in [5, 5.41) is 11.4. The number of alkyl halides is 2. The van der Waals surface area contributed by atoms with Gasteiger partial charge in [-0.25, -0.2) is 0 Å². The summed E-state index contributed by atoms with van der Waals surface area (Å²) in [6, 6.07) is 5.60. The molecule has 1 aromatic carbocycles. The van der Waals surface area contributed by atoms with Gasteiger partial charge in [0.15, 0.2) is 0 Å². The molecule has 0 bridgehead atoms. The van der Waals surface area contributed by atoms with E-state index in [1.165, 1.54) is 18.2 Å². The van der Waals surface area contributed by atoms with Gasteiger partial charge in [-0.2, -0.15) is 8.78 Å². The Morgan fingerprint density at radius 2 is 1.95 bits per heavy atom. The molecule has 1 rings (SSSR count). The van der Waals surface area contributed by atoms with Crippen molar-refractivity contribution < 1.29 is 23.4 Å². The zero-order valence-corrected chi connectivity index (χ0v) is 13.2. The molecule has 0 aliphatic rings. The summed E-state index contributed by atoms with van der Waals surface area (Å²) < 4.78 is 34.1. The molecule has 0 fully saturated rings. The standard InChI is InChI=1S/C16H23F2NO3/c1-4-15(3,10-11-20)19-14(21)16(17,18)12-8-6-7-9-13(12)22-5-2/h6-9,20H,4-5,10-11H2,1-3H3,(H,19,21). The van der Waals surface area contributed by atoms with Gasteiger partial charge in [0.05, 0.1) is 12.2 Å². The van der Waals surface area contributed by atoms with E-state index in [0.717, 1.165) is 0 Å². The highest BCUT2D eigenvalue weighted by molar-refractivity contribution is 5.86. The molecule has 0 radical (unpaired) electrons. The number of aliphatic hydroxyl groups excluding tert-OH is 1. The number of halogens is 2. The van der Waals surface area contributed by atoms with E-state index in [1.807, 2.05) is 0 Å². The molecule has 0 saturated carbocycles. The first-order valence-corrected chi connectivity index (χ1v) is 7.34. The van der Waals surface area contributed by atoms with Crippen molar-refractivity contribution >= 4 is 5.91 Å². The molecule has 0 spiro atoms. The zero-order chi connectivity index (χ0) is 16.8. The van der Waals surface area contributed by atoms with E-state index in [0.29, 0.717) is 6.42 Å². The quantitative estimate of drug-likeness (QED) is 0.775. The predicted molar refractivity (Wildman–Crippen MR) is 80.0 cm³/mol. The Morgan fingerprint density at radius 1 is 1.32 bits per heavy atom. The minimum absolute atomic E-state index is 0.00879. The number of aliphatic hydroxyl groups is 1. The molecule has 124 valence electrons. The van der Waals surface area contributed by atoms with Gasteiger partial charge in [-0.05, 0) is 38.8 Å². The molecule has 0 heterocycles. The van der Waals surface area contributed by atoms with Gasteiger partial charge >= 0.3 is 5.92 Å². The average molecular weight is 315 g/mol. The first-order chi connectivity index (χ1) is 10.3. The Morgan fingerprint density at radius 3 is 2.50 bits per heavy atom. The van der Waals surface area contributed by atoms with Crippen molar-refractivity contribution in [1.82, 2.24) is 5.32 Å². The van der Waals surface area contributed by atoms with Crippen molar-refractivity contribution in [3.63, 3.8) is 0 Å². The monoisotopic (exact) mass is 315 g/mol. The number of rotatable bonds is 8. The zero-order valence-electron chi connectivity index (χ0n) is 13.2. The average Bonchev–Trinajstić information content (AvgIpc) is 2.48. The Kier molecular flexibility index (Phi) is 6.29. The van der Waals surface area contributed by atoms with Crippen molar-refractivity contribution in [3.8, 4) is 5.75 Å². The van der Waals surface area contributed by atoms with Gasteiger partial charge < -0.3 is 15.2 Å². The first kappa shape index (κ1) is 18.4. The van der Waals surface area contributed by atoms with Crippen LogP contribution in [0.25, 0.3) is 0 Å². The SMILES string of the molecule is CCOc1ccccc1C(F)(F)C(=O)NC(C)(CC)CCO. The van der Waals surface area contributed by atoms with Gasteiger partial charge in [-0.1, -0.05) is 19.1 Å². The fourth-order valence-corrected chi connectivity index (χ4v) is 2.06. The maximum Gasteiger partial charge on any atom is 0.353 e. The predicted octanol–water partition coefficient (Wildman–Crippen LogP) is 2.84. The lowest BCUT2D eigenvalue weighted by molar-refractivity contribution is -0.149. The van der Waals surface area contributed by atoms with Crippen molar-refractivity contribution in [2.24, 2.45) is 0 Å². The molecule has 1 unspecified atom stereocenters. The lowest BCUT2D eigenvalue weighted by Gasteiger charge is -2.31. The van der Waals surface area contributed by atoms with Crippen LogP contribution in [-0.4, -0.2) is 29.8 Å². The van der Waals surface area contributed by atoms with Gasteiger partial charge in [-0.3, -0.25) is 4.79 Å². The summed E-state index contributed by atoms with van der Waals surface area (Å²) in [6.45, 7) is 5.12. The van der Waals surface area contributed by atoms with E-state index in [9.17, 15) is 13.6 Å². The highest BCUT2D eigenvalue weighted by atomic mass is 19.3. The largest absolute Gasteiger partial charge is 0.493 e. The number of ether oxygens (including phenoxy) is 1. The van der Waals surface area contributed by atoms with Crippen LogP contribution in [0.3, 0.4) is 0 Å². The molecule has 2 N–H and O–H groups in total. The number of carbonyl (C=O) groups excluding carboxylic acids is 1. The minimum atomic E-state index is -3.71. The summed E-state index contributed by atoms with van der Waals surface area (Å²) in [7, 11) is 0.